The molecule has 1 unspecified atom stereocenters. The van der Waals surface area contributed by atoms with Crippen LogP contribution < -0.4 is 0 Å². The zero-order valence-corrected chi connectivity index (χ0v) is 15.7. The lowest BCUT2D eigenvalue weighted by Crippen LogP contribution is -2.46. The minimum atomic E-state index is 0.0968. The molecule has 7 nitrogen and oxygen atoms in total. The van der Waals surface area contributed by atoms with Crippen LogP contribution in [0.2, 0.25) is 0 Å². The highest BCUT2D eigenvalue weighted by Crippen LogP contribution is 2.43. The van der Waals surface area contributed by atoms with Crippen LogP contribution in [0.25, 0.3) is 11.4 Å². The van der Waals surface area contributed by atoms with Crippen molar-refractivity contribution in [3.05, 3.63) is 60.0 Å². The first-order valence-electron chi connectivity index (χ1n) is 9.69. The van der Waals surface area contributed by atoms with Gasteiger partial charge in [-0.15, -0.1) is 0 Å². The van der Waals surface area contributed by atoms with Gasteiger partial charge < -0.3 is 9.42 Å². The van der Waals surface area contributed by atoms with E-state index < -0.39 is 0 Å². The van der Waals surface area contributed by atoms with Gasteiger partial charge in [0.05, 0.1) is 5.56 Å². The molecule has 5 heterocycles. The third-order valence-electron chi connectivity index (χ3n) is 5.93. The van der Waals surface area contributed by atoms with Gasteiger partial charge in [-0.25, -0.2) is 0 Å². The summed E-state index contributed by atoms with van der Waals surface area (Å²) in [6.45, 7) is 1.89. The van der Waals surface area contributed by atoms with Gasteiger partial charge in [-0.1, -0.05) is 5.16 Å². The van der Waals surface area contributed by atoms with Gasteiger partial charge in [0.15, 0.2) is 0 Å². The average molecular weight is 375 g/mol. The lowest BCUT2D eigenvalue weighted by Gasteiger charge is -2.38. The molecule has 2 bridgehead atoms. The standard InChI is InChI=1S/C21H21N5O2/c1-13-18(3-2-8-23-13)21(27)26-16-4-5-17(26)12-15(11-16)20-24-19(25-28-20)14-6-9-22-10-7-14/h2-3,6-10,15-17H,4-5,11-12H2,1H3/t15?,16-,17+. The van der Waals surface area contributed by atoms with Crippen LogP contribution in [-0.2, 0) is 0 Å². The number of amides is 1. The molecule has 2 fully saturated rings. The van der Waals surface area contributed by atoms with Gasteiger partial charge in [-0.3, -0.25) is 14.8 Å². The van der Waals surface area contributed by atoms with Crippen LogP contribution in [0, 0.1) is 6.92 Å². The zero-order chi connectivity index (χ0) is 19.1. The lowest BCUT2D eigenvalue weighted by atomic mass is 9.90. The quantitative estimate of drug-likeness (QED) is 0.698. The summed E-state index contributed by atoms with van der Waals surface area (Å²) in [5.41, 5.74) is 2.39. The van der Waals surface area contributed by atoms with Crippen molar-refractivity contribution in [3.63, 3.8) is 0 Å². The van der Waals surface area contributed by atoms with Crippen molar-refractivity contribution < 1.29 is 9.32 Å². The molecule has 2 aliphatic heterocycles. The summed E-state index contributed by atoms with van der Waals surface area (Å²) < 4.78 is 5.59. The predicted octanol–water partition coefficient (Wildman–Crippen LogP) is 3.39. The van der Waals surface area contributed by atoms with Crippen LogP contribution in [0.4, 0.5) is 0 Å². The Hall–Kier alpha value is -3.09. The Bertz CT molecular complexity index is 989. The number of aryl methyl sites for hydroxylation is 1. The average Bonchev–Trinajstić information content (AvgIpc) is 3.32. The van der Waals surface area contributed by atoms with Crippen molar-refractivity contribution in [1.82, 2.24) is 25.0 Å². The molecular formula is C21H21N5O2. The molecule has 2 saturated heterocycles. The van der Waals surface area contributed by atoms with Crippen LogP contribution in [0.3, 0.4) is 0 Å². The first-order chi connectivity index (χ1) is 13.7. The smallest absolute Gasteiger partial charge is 0.256 e. The SMILES string of the molecule is Cc1ncccc1C(=O)N1[C@@H]2CC[C@H]1CC(c1nc(-c3ccncc3)no1)C2. The molecule has 5 rings (SSSR count). The van der Waals surface area contributed by atoms with E-state index in [0.717, 1.165) is 36.9 Å². The van der Waals surface area contributed by atoms with Crippen LogP contribution in [0.1, 0.15) is 53.5 Å². The molecule has 3 aromatic rings. The third-order valence-corrected chi connectivity index (χ3v) is 5.93. The Kier molecular flexibility index (Phi) is 4.15. The van der Waals surface area contributed by atoms with E-state index in [-0.39, 0.29) is 23.9 Å². The van der Waals surface area contributed by atoms with Gasteiger partial charge in [0.2, 0.25) is 11.7 Å². The van der Waals surface area contributed by atoms with E-state index in [1.165, 1.54) is 0 Å². The predicted molar refractivity (Wildman–Crippen MR) is 101 cm³/mol. The first kappa shape index (κ1) is 17.0. The number of fused-ring (bicyclic) bond motifs is 2. The summed E-state index contributed by atoms with van der Waals surface area (Å²) in [4.78, 5) is 28.1. The van der Waals surface area contributed by atoms with Gasteiger partial charge >= 0.3 is 0 Å². The maximum atomic E-state index is 13.1. The molecule has 3 aromatic heterocycles. The second kappa shape index (κ2) is 6.82. The molecule has 0 aromatic carbocycles. The van der Waals surface area contributed by atoms with Crippen LogP contribution >= 0.6 is 0 Å². The fraction of sp³-hybridized carbons (Fsp3) is 0.381. The van der Waals surface area contributed by atoms with E-state index in [9.17, 15) is 4.79 Å². The molecule has 0 aliphatic carbocycles. The molecule has 28 heavy (non-hydrogen) atoms. The van der Waals surface area contributed by atoms with Crippen molar-refractivity contribution in [1.29, 1.82) is 0 Å². The van der Waals surface area contributed by atoms with Crippen LogP contribution in [0.15, 0.2) is 47.4 Å². The molecule has 2 aliphatic rings. The molecule has 142 valence electrons. The molecule has 3 atom stereocenters. The second-order valence-electron chi connectivity index (χ2n) is 7.59. The second-order valence-corrected chi connectivity index (χ2v) is 7.59. The maximum absolute atomic E-state index is 13.1. The van der Waals surface area contributed by atoms with Gasteiger partial charge in [0.25, 0.3) is 5.91 Å². The van der Waals surface area contributed by atoms with E-state index >= 15 is 0 Å². The van der Waals surface area contributed by atoms with Crippen molar-refractivity contribution in [3.8, 4) is 11.4 Å². The Labute approximate surface area is 162 Å². The molecule has 7 heteroatoms. The van der Waals surface area contributed by atoms with E-state index in [1.807, 2.05) is 31.2 Å². The summed E-state index contributed by atoms with van der Waals surface area (Å²) in [6.07, 6.45) is 8.93. The number of hydrogen-bond donors (Lipinski definition) is 0. The van der Waals surface area contributed by atoms with Crippen molar-refractivity contribution in [2.45, 2.75) is 50.6 Å². The van der Waals surface area contributed by atoms with Crippen molar-refractivity contribution in [2.75, 3.05) is 0 Å². The topological polar surface area (TPSA) is 85.0 Å². The molecule has 0 spiro atoms. The molecular weight excluding hydrogens is 354 g/mol. The summed E-state index contributed by atoms with van der Waals surface area (Å²) in [5.74, 6) is 1.56. The maximum Gasteiger partial charge on any atom is 0.256 e. The van der Waals surface area contributed by atoms with E-state index in [0.29, 0.717) is 17.3 Å². The minimum absolute atomic E-state index is 0.0968. The highest BCUT2D eigenvalue weighted by atomic mass is 16.5. The molecule has 1 amide bonds. The number of piperidine rings is 1. The highest BCUT2D eigenvalue weighted by Gasteiger charge is 2.45. The summed E-state index contributed by atoms with van der Waals surface area (Å²) in [6, 6.07) is 7.87. The fourth-order valence-electron chi connectivity index (χ4n) is 4.58. The van der Waals surface area contributed by atoms with Crippen LogP contribution in [-0.4, -0.2) is 43.0 Å². The first-order valence-corrected chi connectivity index (χ1v) is 9.69. The number of carbonyl (C=O) groups is 1. The third kappa shape index (κ3) is 2.87. The van der Waals surface area contributed by atoms with Crippen molar-refractivity contribution >= 4 is 5.91 Å². The van der Waals surface area contributed by atoms with Crippen LogP contribution in [0.5, 0.6) is 0 Å². The number of hydrogen-bond acceptors (Lipinski definition) is 6. The summed E-state index contributed by atoms with van der Waals surface area (Å²) >= 11 is 0. The fourth-order valence-corrected chi connectivity index (χ4v) is 4.58. The Morgan fingerprint density at radius 2 is 1.86 bits per heavy atom. The molecule has 0 N–H and O–H groups in total. The summed E-state index contributed by atoms with van der Waals surface area (Å²) in [5, 5.41) is 4.14. The lowest BCUT2D eigenvalue weighted by molar-refractivity contribution is 0.0553. The number of aromatic nitrogens is 4. The van der Waals surface area contributed by atoms with Gasteiger partial charge in [-0.05, 0) is 56.9 Å². The normalized spacial score (nSPS) is 23.8. The zero-order valence-electron chi connectivity index (χ0n) is 15.7. The number of pyridine rings is 2. The van der Waals surface area contributed by atoms with Crippen molar-refractivity contribution in [2.24, 2.45) is 0 Å². The van der Waals surface area contributed by atoms with E-state index in [2.05, 4.69) is 25.0 Å². The van der Waals surface area contributed by atoms with E-state index in [1.54, 1.807) is 18.6 Å². The highest BCUT2D eigenvalue weighted by molar-refractivity contribution is 5.95. The van der Waals surface area contributed by atoms with E-state index in [4.69, 9.17) is 4.52 Å². The molecule has 0 saturated carbocycles. The van der Waals surface area contributed by atoms with Gasteiger partial charge in [0, 0.05) is 47.8 Å². The molecule has 0 radical (unpaired) electrons. The Balaban J connectivity index is 1.36. The largest absolute Gasteiger partial charge is 0.339 e. The Morgan fingerprint density at radius 3 is 2.57 bits per heavy atom. The number of carbonyl (C=O) groups excluding carboxylic acids is 1. The Morgan fingerprint density at radius 1 is 1.11 bits per heavy atom. The van der Waals surface area contributed by atoms with Gasteiger partial charge in [0.1, 0.15) is 0 Å². The number of rotatable bonds is 3. The monoisotopic (exact) mass is 375 g/mol. The summed E-state index contributed by atoms with van der Waals surface area (Å²) in [7, 11) is 0. The number of nitrogens with zero attached hydrogens (tertiary/aromatic N) is 5. The van der Waals surface area contributed by atoms with Gasteiger partial charge in [-0.2, -0.15) is 4.98 Å². The minimum Gasteiger partial charge on any atom is -0.339 e.